The molecule has 0 bridgehead atoms. The molecule has 3 atom stereocenters. The van der Waals surface area contributed by atoms with Gasteiger partial charge in [-0.05, 0) is 31.7 Å². The SMILES string of the molecule is CCCC1(C(=O)NC2CCOCC2C)CCNC1. The molecule has 0 aromatic carbocycles. The maximum absolute atomic E-state index is 12.6. The van der Waals surface area contributed by atoms with Gasteiger partial charge in [0.1, 0.15) is 0 Å². The van der Waals surface area contributed by atoms with Crippen LogP contribution in [0, 0.1) is 11.3 Å². The van der Waals surface area contributed by atoms with Crippen molar-refractivity contribution in [2.45, 2.75) is 45.6 Å². The zero-order valence-electron chi connectivity index (χ0n) is 11.6. The predicted octanol–water partition coefficient (Wildman–Crippen LogP) is 1.31. The molecule has 0 radical (unpaired) electrons. The van der Waals surface area contributed by atoms with Crippen LogP contribution in [0.25, 0.3) is 0 Å². The van der Waals surface area contributed by atoms with Gasteiger partial charge in [0, 0.05) is 19.2 Å². The third-order valence-electron chi connectivity index (χ3n) is 4.41. The summed E-state index contributed by atoms with van der Waals surface area (Å²) >= 11 is 0. The normalized spacial score (nSPS) is 36.6. The number of ether oxygens (including phenoxy) is 1. The van der Waals surface area contributed by atoms with Crippen LogP contribution in [-0.2, 0) is 9.53 Å². The van der Waals surface area contributed by atoms with Crippen molar-refractivity contribution in [3.8, 4) is 0 Å². The molecule has 2 N–H and O–H groups in total. The van der Waals surface area contributed by atoms with Crippen molar-refractivity contribution in [2.75, 3.05) is 26.3 Å². The van der Waals surface area contributed by atoms with E-state index in [-0.39, 0.29) is 11.3 Å². The Morgan fingerprint density at radius 2 is 2.39 bits per heavy atom. The second kappa shape index (κ2) is 6.02. The first-order chi connectivity index (χ1) is 8.68. The Bertz CT molecular complexity index is 288. The van der Waals surface area contributed by atoms with E-state index in [0.29, 0.717) is 12.0 Å². The number of carbonyl (C=O) groups excluding carboxylic acids is 1. The van der Waals surface area contributed by atoms with Crippen molar-refractivity contribution in [2.24, 2.45) is 11.3 Å². The molecule has 2 rings (SSSR count). The standard InChI is InChI=1S/C14H26N2O2/c1-3-5-14(6-7-15-10-14)13(17)16-12-4-8-18-9-11(12)2/h11-12,15H,3-10H2,1-2H3,(H,16,17). The van der Waals surface area contributed by atoms with Gasteiger partial charge in [0.15, 0.2) is 0 Å². The molecular formula is C14H26N2O2. The summed E-state index contributed by atoms with van der Waals surface area (Å²) in [5, 5.41) is 6.62. The van der Waals surface area contributed by atoms with Gasteiger partial charge in [-0.3, -0.25) is 4.79 Å². The van der Waals surface area contributed by atoms with E-state index in [9.17, 15) is 4.79 Å². The molecule has 0 aromatic heterocycles. The minimum absolute atomic E-state index is 0.160. The van der Waals surface area contributed by atoms with E-state index in [1.165, 1.54) is 0 Å². The lowest BCUT2D eigenvalue weighted by Crippen LogP contribution is -2.51. The third kappa shape index (κ3) is 2.86. The van der Waals surface area contributed by atoms with Crippen molar-refractivity contribution < 1.29 is 9.53 Å². The fourth-order valence-electron chi connectivity index (χ4n) is 3.16. The molecule has 2 saturated heterocycles. The van der Waals surface area contributed by atoms with Crippen LogP contribution in [0.3, 0.4) is 0 Å². The minimum Gasteiger partial charge on any atom is -0.381 e. The number of nitrogens with one attached hydrogen (secondary N) is 2. The van der Waals surface area contributed by atoms with Crippen molar-refractivity contribution in [3.05, 3.63) is 0 Å². The van der Waals surface area contributed by atoms with Gasteiger partial charge in [0.05, 0.1) is 12.0 Å². The monoisotopic (exact) mass is 254 g/mol. The molecule has 3 unspecified atom stereocenters. The van der Waals surface area contributed by atoms with E-state index in [2.05, 4.69) is 24.5 Å². The van der Waals surface area contributed by atoms with E-state index in [1.807, 2.05) is 0 Å². The first-order valence-corrected chi connectivity index (χ1v) is 7.27. The molecule has 0 aromatic rings. The van der Waals surface area contributed by atoms with Crippen LogP contribution >= 0.6 is 0 Å². The van der Waals surface area contributed by atoms with Crippen molar-refractivity contribution >= 4 is 5.91 Å². The van der Waals surface area contributed by atoms with E-state index < -0.39 is 0 Å². The highest BCUT2D eigenvalue weighted by molar-refractivity contribution is 5.83. The Kier molecular flexibility index (Phi) is 4.62. The smallest absolute Gasteiger partial charge is 0.227 e. The zero-order chi connectivity index (χ0) is 13.0. The van der Waals surface area contributed by atoms with Crippen LogP contribution in [0.15, 0.2) is 0 Å². The molecular weight excluding hydrogens is 228 g/mol. The van der Waals surface area contributed by atoms with Gasteiger partial charge in [-0.1, -0.05) is 20.3 Å². The molecule has 2 aliphatic heterocycles. The molecule has 18 heavy (non-hydrogen) atoms. The molecule has 104 valence electrons. The Morgan fingerprint density at radius 1 is 1.56 bits per heavy atom. The quantitative estimate of drug-likeness (QED) is 0.795. The summed E-state index contributed by atoms with van der Waals surface area (Å²) in [4.78, 5) is 12.6. The van der Waals surface area contributed by atoms with Crippen molar-refractivity contribution in [1.82, 2.24) is 10.6 Å². The largest absolute Gasteiger partial charge is 0.381 e. The second-order valence-corrected chi connectivity index (χ2v) is 5.88. The number of hydrogen-bond donors (Lipinski definition) is 2. The second-order valence-electron chi connectivity index (χ2n) is 5.88. The van der Waals surface area contributed by atoms with Crippen LogP contribution in [0.2, 0.25) is 0 Å². The highest BCUT2D eigenvalue weighted by Crippen LogP contribution is 2.32. The van der Waals surface area contributed by atoms with Gasteiger partial charge in [0.2, 0.25) is 5.91 Å². The Morgan fingerprint density at radius 3 is 3.00 bits per heavy atom. The van der Waals surface area contributed by atoms with Crippen LogP contribution in [-0.4, -0.2) is 38.3 Å². The maximum Gasteiger partial charge on any atom is 0.227 e. The predicted molar refractivity (Wildman–Crippen MR) is 71.4 cm³/mol. The summed E-state index contributed by atoms with van der Waals surface area (Å²) < 4.78 is 5.43. The van der Waals surface area contributed by atoms with Gasteiger partial charge in [-0.15, -0.1) is 0 Å². The summed E-state index contributed by atoms with van der Waals surface area (Å²) in [6.07, 6.45) is 3.98. The molecule has 2 fully saturated rings. The summed E-state index contributed by atoms with van der Waals surface area (Å²) in [5.41, 5.74) is -0.160. The molecule has 0 saturated carbocycles. The van der Waals surface area contributed by atoms with E-state index in [0.717, 1.165) is 52.0 Å². The van der Waals surface area contributed by atoms with Crippen LogP contribution < -0.4 is 10.6 Å². The minimum atomic E-state index is -0.160. The van der Waals surface area contributed by atoms with Gasteiger partial charge in [-0.2, -0.15) is 0 Å². The van der Waals surface area contributed by atoms with Crippen molar-refractivity contribution in [1.29, 1.82) is 0 Å². The molecule has 4 nitrogen and oxygen atoms in total. The summed E-state index contributed by atoms with van der Waals surface area (Å²) in [5.74, 6) is 0.684. The fourth-order valence-corrected chi connectivity index (χ4v) is 3.16. The summed E-state index contributed by atoms with van der Waals surface area (Å²) in [6.45, 7) is 7.66. The number of amides is 1. The first kappa shape index (κ1) is 13.8. The Labute approximate surface area is 110 Å². The van der Waals surface area contributed by atoms with E-state index >= 15 is 0 Å². The van der Waals surface area contributed by atoms with Gasteiger partial charge < -0.3 is 15.4 Å². The van der Waals surface area contributed by atoms with Gasteiger partial charge in [0.25, 0.3) is 0 Å². The molecule has 2 aliphatic rings. The highest BCUT2D eigenvalue weighted by Gasteiger charge is 2.41. The molecule has 0 aliphatic carbocycles. The Hall–Kier alpha value is -0.610. The highest BCUT2D eigenvalue weighted by atomic mass is 16.5. The average molecular weight is 254 g/mol. The molecule has 1 amide bonds. The van der Waals surface area contributed by atoms with E-state index in [1.54, 1.807) is 0 Å². The van der Waals surface area contributed by atoms with Crippen molar-refractivity contribution in [3.63, 3.8) is 0 Å². The number of hydrogen-bond acceptors (Lipinski definition) is 3. The lowest BCUT2D eigenvalue weighted by Gasteiger charge is -2.34. The summed E-state index contributed by atoms with van der Waals surface area (Å²) in [7, 11) is 0. The lowest BCUT2D eigenvalue weighted by atomic mass is 9.81. The molecule has 0 spiro atoms. The van der Waals surface area contributed by atoms with Gasteiger partial charge >= 0.3 is 0 Å². The first-order valence-electron chi connectivity index (χ1n) is 7.27. The molecule has 2 heterocycles. The number of rotatable bonds is 4. The van der Waals surface area contributed by atoms with Crippen LogP contribution in [0.1, 0.15) is 39.5 Å². The Balaban J connectivity index is 1.96. The maximum atomic E-state index is 12.6. The number of carbonyl (C=O) groups is 1. The topological polar surface area (TPSA) is 50.4 Å². The molecule has 4 heteroatoms. The lowest BCUT2D eigenvalue weighted by molar-refractivity contribution is -0.132. The van der Waals surface area contributed by atoms with Crippen LogP contribution in [0.5, 0.6) is 0 Å². The van der Waals surface area contributed by atoms with E-state index in [4.69, 9.17) is 4.74 Å². The fraction of sp³-hybridized carbons (Fsp3) is 0.929. The van der Waals surface area contributed by atoms with Crippen LogP contribution in [0.4, 0.5) is 0 Å². The third-order valence-corrected chi connectivity index (χ3v) is 4.41. The zero-order valence-corrected chi connectivity index (χ0v) is 11.6. The van der Waals surface area contributed by atoms with Gasteiger partial charge in [-0.25, -0.2) is 0 Å². The summed E-state index contributed by atoms with van der Waals surface area (Å²) in [6, 6.07) is 0.292. The average Bonchev–Trinajstić information content (AvgIpc) is 2.82.